The Balaban J connectivity index is -0.00000136. The second-order valence-corrected chi connectivity index (χ2v) is 25.4. The Morgan fingerprint density at radius 1 is 0.200 bits per heavy atom. The first-order chi connectivity index (χ1) is 36.2. The van der Waals surface area contributed by atoms with Gasteiger partial charge >= 0.3 is 17.4 Å². The third-order valence-electron chi connectivity index (χ3n) is 15.0. The van der Waals surface area contributed by atoms with Crippen molar-refractivity contribution >= 4 is 33.0 Å². The van der Waals surface area contributed by atoms with Crippen LogP contribution < -0.4 is 9.79 Å². The maximum Gasteiger partial charge on any atom is 2.00 e. The van der Waals surface area contributed by atoms with Crippen LogP contribution in [0, 0.1) is 0 Å². The minimum absolute atomic E-state index is 0. The quantitative estimate of drug-likeness (QED) is 0.0336. The molecule has 0 atom stereocenters. The zero-order valence-electron chi connectivity index (χ0n) is 51.2. The van der Waals surface area contributed by atoms with Crippen molar-refractivity contribution in [2.75, 3.05) is 26.4 Å². The first-order valence-electron chi connectivity index (χ1n) is 33.4. The first-order valence-corrected chi connectivity index (χ1v) is 36.4. The Morgan fingerprint density at radius 2 is 0.293 bits per heavy atom. The molecule has 0 saturated carbocycles. The van der Waals surface area contributed by atoms with Gasteiger partial charge in [0.2, 0.25) is 0 Å². The third-order valence-corrected chi connectivity index (χ3v) is 17.0. The molecule has 0 aliphatic rings. The number of hydrogen-bond donors (Lipinski definition) is 0. The van der Waals surface area contributed by atoms with Gasteiger partial charge in [-0.25, -0.2) is 0 Å². The summed E-state index contributed by atoms with van der Waals surface area (Å²) in [5, 5.41) is 0. The number of unbranched alkanes of at least 4 members (excludes halogenated alkanes) is 52. The molecule has 11 heteroatoms. The second-order valence-electron chi connectivity index (χ2n) is 22.6. The zero-order valence-corrected chi connectivity index (χ0v) is 54.1. The molecule has 449 valence electrons. The zero-order chi connectivity index (χ0) is 54.3. The van der Waals surface area contributed by atoms with Crippen LogP contribution in [0.25, 0.3) is 0 Å². The normalized spacial score (nSPS) is 11.8. The summed E-state index contributed by atoms with van der Waals surface area (Å²) in [4.78, 5) is 23.8. The van der Waals surface area contributed by atoms with Gasteiger partial charge in [-0.15, -0.1) is 0 Å². The standard InChI is InChI=1S/2C32H67O4P.Al/c2*1-3-5-7-9-11-13-15-17-19-21-23-25-27-29-31-35-37(33,34)36-32-30-28-26-24-22-20-18-16-14-12-10-8-6-4-2;/h2*3-32H2,1-2H3,(H,33,34);/q;;+2/p-2. The van der Waals surface area contributed by atoms with E-state index in [-0.39, 0.29) is 43.8 Å². The average Bonchev–Trinajstić information content (AvgIpc) is 3.38. The van der Waals surface area contributed by atoms with Crippen molar-refractivity contribution in [1.29, 1.82) is 0 Å². The smallest absolute Gasteiger partial charge is 0.756 e. The van der Waals surface area contributed by atoms with Crippen molar-refractivity contribution in [2.45, 2.75) is 387 Å². The van der Waals surface area contributed by atoms with Gasteiger partial charge in [-0.3, -0.25) is 9.13 Å². The number of rotatable bonds is 64. The summed E-state index contributed by atoms with van der Waals surface area (Å²) in [6.07, 6.45) is 72.1. The minimum Gasteiger partial charge on any atom is -0.756 e. The van der Waals surface area contributed by atoms with Crippen LogP contribution in [0.5, 0.6) is 0 Å². The van der Waals surface area contributed by atoms with E-state index in [0.717, 1.165) is 51.4 Å². The Morgan fingerprint density at radius 3 is 0.400 bits per heavy atom. The van der Waals surface area contributed by atoms with Gasteiger partial charge in [0.1, 0.15) is 0 Å². The molecule has 0 N–H and O–H groups in total. The van der Waals surface area contributed by atoms with Crippen molar-refractivity contribution in [1.82, 2.24) is 0 Å². The molecular weight excluding hydrogens is 986 g/mol. The molecule has 0 aromatic rings. The molecular formula is C64H132AlO8P2. The van der Waals surface area contributed by atoms with Crippen LogP contribution >= 0.6 is 15.6 Å². The fraction of sp³-hybridized carbons (Fsp3) is 1.00. The van der Waals surface area contributed by atoms with E-state index in [1.807, 2.05) is 0 Å². The molecule has 0 rings (SSSR count). The predicted molar refractivity (Wildman–Crippen MR) is 326 cm³/mol. The Bertz CT molecular complexity index is 959. The van der Waals surface area contributed by atoms with Crippen LogP contribution in [0.15, 0.2) is 0 Å². The molecule has 0 aromatic heterocycles. The minimum atomic E-state index is -4.12. The summed E-state index contributed by atoms with van der Waals surface area (Å²) in [6, 6.07) is 0. The van der Waals surface area contributed by atoms with E-state index in [0.29, 0.717) is 0 Å². The van der Waals surface area contributed by atoms with Crippen LogP contribution in [-0.2, 0) is 27.2 Å². The largest absolute Gasteiger partial charge is 2.00 e. The Hall–Kier alpha value is 0.752. The maximum atomic E-state index is 11.9. The van der Waals surface area contributed by atoms with Gasteiger partial charge in [0.05, 0.1) is 26.4 Å². The van der Waals surface area contributed by atoms with Crippen molar-refractivity contribution in [2.24, 2.45) is 0 Å². The molecule has 0 spiro atoms. The molecule has 0 aliphatic carbocycles. The molecule has 0 bridgehead atoms. The van der Waals surface area contributed by atoms with Crippen molar-refractivity contribution in [3.05, 3.63) is 0 Å². The SMILES string of the molecule is CCCCCCCCCCCCCCCCOP(=O)([O-])OCCCCCCCCCCCCCCCC.CCCCCCCCCCCCCCCCOP(=O)([O-])OCCCCCCCCCCCCCCCC.[Al+2]. The summed E-state index contributed by atoms with van der Waals surface area (Å²) in [6.45, 7) is 10.1. The van der Waals surface area contributed by atoms with E-state index in [1.165, 1.54) is 308 Å². The first kappa shape index (κ1) is 80.0. The molecule has 0 saturated heterocycles. The number of hydrogen-bond acceptors (Lipinski definition) is 8. The van der Waals surface area contributed by atoms with Crippen molar-refractivity contribution in [3.8, 4) is 0 Å². The Kier molecular flexibility index (Phi) is 73.6. The molecule has 0 aliphatic heterocycles. The van der Waals surface area contributed by atoms with Crippen LogP contribution in [0.1, 0.15) is 387 Å². The van der Waals surface area contributed by atoms with E-state index in [9.17, 15) is 18.9 Å². The van der Waals surface area contributed by atoms with Gasteiger partial charge in [0, 0.05) is 0 Å². The summed E-state index contributed by atoms with van der Waals surface area (Å²) in [5.74, 6) is 0. The summed E-state index contributed by atoms with van der Waals surface area (Å²) in [7, 11) is -8.23. The van der Waals surface area contributed by atoms with E-state index in [2.05, 4.69) is 27.7 Å². The molecule has 0 aromatic carbocycles. The van der Waals surface area contributed by atoms with Crippen LogP contribution in [-0.4, -0.2) is 43.8 Å². The van der Waals surface area contributed by atoms with Crippen molar-refractivity contribution in [3.63, 3.8) is 0 Å². The third kappa shape index (κ3) is 74.8. The maximum absolute atomic E-state index is 11.9. The van der Waals surface area contributed by atoms with Gasteiger partial charge in [0.15, 0.2) is 0 Å². The van der Waals surface area contributed by atoms with Gasteiger partial charge in [0.25, 0.3) is 15.6 Å². The van der Waals surface area contributed by atoms with Crippen molar-refractivity contribution < 1.29 is 37.0 Å². The molecule has 75 heavy (non-hydrogen) atoms. The second kappa shape index (κ2) is 69.0. The van der Waals surface area contributed by atoms with E-state index in [4.69, 9.17) is 18.1 Å². The van der Waals surface area contributed by atoms with E-state index >= 15 is 0 Å². The van der Waals surface area contributed by atoms with Gasteiger partial charge in [-0.05, 0) is 25.7 Å². The van der Waals surface area contributed by atoms with Crippen LogP contribution in [0.4, 0.5) is 0 Å². The number of phosphoric ester groups is 2. The van der Waals surface area contributed by atoms with Gasteiger partial charge in [-0.1, -0.05) is 362 Å². The molecule has 8 nitrogen and oxygen atoms in total. The van der Waals surface area contributed by atoms with Crippen LogP contribution in [0.3, 0.4) is 0 Å². The number of phosphoric acid groups is 2. The monoisotopic (exact) mass is 1120 g/mol. The fourth-order valence-electron chi connectivity index (χ4n) is 9.97. The summed E-state index contributed by atoms with van der Waals surface area (Å²) in [5.41, 5.74) is 0. The summed E-state index contributed by atoms with van der Waals surface area (Å²) < 4.78 is 43.9. The molecule has 1 radical (unpaired) electrons. The molecule has 0 unspecified atom stereocenters. The summed E-state index contributed by atoms with van der Waals surface area (Å²) >= 11 is 0. The topological polar surface area (TPSA) is 117 Å². The van der Waals surface area contributed by atoms with Gasteiger partial charge in [-0.2, -0.15) is 0 Å². The Labute approximate surface area is 481 Å². The van der Waals surface area contributed by atoms with E-state index in [1.54, 1.807) is 0 Å². The van der Waals surface area contributed by atoms with Crippen LogP contribution in [0.2, 0.25) is 0 Å². The molecule has 0 fully saturated rings. The fourth-order valence-corrected chi connectivity index (χ4v) is 11.5. The predicted octanol–water partition coefficient (Wildman–Crippen LogP) is 22.5. The van der Waals surface area contributed by atoms with Gasteiger partial charge < -0.3 is 27.9 Å². The molecule has 0 amide bonds. The molecule has 0 heterocycles. The van der Waals surface area contributed by atoms with E-state index < -0.39 is 15.6 Å². The average molecular weight is 1120 g/mol.